The number of carbonyl (C=O) groups excluding carboxylic acids is 1. The van der Waals surface area contributed by atoms with E-state index in [1.165, 1.54) is 31.2 Å². The summed E-state index contributed by atoms with van der Waals surface area (Å²) in [5.41, 5.74) is 9.77. The van der Waals surface area contributed by atoms with Gasteiger partial charge in [0, 0.05) is 5.56 Å². The highest BCUT2D eigenvalue weighted by molar-refractivity contribution is 5.95. The van der Waals surface area contributed by atoms with Crippen LogP contribution in [0.1, 0.15) is 72.5 Å². The van der Waals surface area contributed by atoms with Crippen LogP contribution < -0.4 is 5.73 Å². The quantitative estimate of drug-likeness (QED) is 0.758. The predicted octanol–water partition coefficient (Wildman–Crippen LogP) is 5.77. The molecule has 2 nitrogen and oxygen atoms in total. The third-order valence-electron chi connectivity index (χ3n) is 5.82. The number of primary amides is 1. The zero-order valence-corrected chi connectivity index (χ0v) is 16.0. The number of aryl methyl sites for hydroxylation is 2. The lowest BCUT2D eigenvalue weighted by Gasteiger charge is -2.31. The molecule has 1 saturated carbocycles. The molecule has 1 atom stereocenters. The molecule has 1 aliphatic rings. The summed E-state index contributed by atoms with van der Waals surface area (Å²) in [6, 6.07) is 16.6. The van der Waals surface area contributed by atoms with Crippen LogP contribution in [0.4, 0.5) is 0 Å². The van der Waals surface area contributed by atoms with E-state index in [0.29, 0.717) is 16.9 Å². The lowest BCUT2D eigenvalue weighted by molar-refractivity contribution is 0.0999. The van der Waals surface area contributed by atoms with Crippen LogP contribution in [0.15, 0.2) is 48.5 Å². The molecule has 2 N–H and O–H groups in total. The third kappa shape index (κ3) is 4.72. The van der Waals surface area contributed by atoms with Gasteiger partial charge in [-0.05, 0) is 54.7 Å². The van der Waals surface area contributed by atoms with Crippen LogP contribution in [-0.2, 0) is 0 Å². The maximum absolute atomic E-state index is 10.9. The number of nitrogens with two attached hydrogens (primary N) is 1. The second kappa shape index (κ2) is 8.33. The Morgan fingerprint density at radius 2 is 1.48 bits per heavy atom. The summed E-state index contributed by atoms with van der Waals surface area (Å²) in [4.78, 5) is 10.9. The first-order chi connectivity index (χ1) is 11.8. The average Bonchev–Trinajstić information content (AvgIpc) is 3.03. The van der Waals surface area contributed by atoms with Crippen LogP contribution in [0.3, 0.4) is 0 Å². The monoisotopic (exact) mass is 337 g/mol. The Bertz CT molecular complexity index is 679. The van der Waals surface area contributed by atoms with Gasteiger partial charge in [-0.25, -0.2) is 0 Å². The summed E-state index contributed by atoms with van der Waals surface area (Å²) < 4.78 is 0. The van der Waals surface area contributed by atoms with Crippen molar-refractivity contribution in [3.63, 3.8) is 0 Å². The SMILES string of the molecule is CC(c1ccccc1)C1(C)CCCC1.Cc1cccc(C)c1C(N)=O. The third-order valence-corrected chi connectivity index (χ3v) is 5.82. The molecular weight excluding hydrogens is 306 g/mol. The first-order valence-corrected chi connectivity index (χ1v) is 9.26. The Hall–Kier alpha value is -2.09. The highest BCUT2D eigenvalue weighted by atomic mass is 16.1. The van der Waals surface area contributed by atoms with Crippen LogP contribution in [-0.4, -0.2) is 5.91 Å². The van der Waals surface area contributed by atoms with Gasteiger partial charge < -0.3 is 5.73 Å². The Balaban J connectivity index is 0.000000186. The first-order valence-electron chi connectivity index (χ1n) is 9.26. The standard InChI is InChI=1S/C14H20.C9H11NO/c1-12(13-8-4-3-5-9-13)14(2)10-6-7-11-14;1-6-4-3-5-7(2)8(6)9(10)11/h3-5,8-9,12H,6-7,10-11H2,1-2H3;3-5H,1-2H3,(H2,10,11). The number of benzene rings is 2. The Morgan fingerprint density at radius 1 is 0.960 bits per heavy atom. The van der Waals surface area contributed by atoms with Crippen molar-refractivity contribution in [3.8, 4) is 0 Å². The maximum Gasteiger partial charge on any atom is 0.249 e. The molecule has 0 saturated heterocycles. The molecule has 2 aromatic rings. The largest absolute Gasteiger partial charge is 0.366 e. The highest BCUT2D eigenvalue weighted by Gasteiger charge is 2.34. The molecule has 1 fully saturated rings. The smallest absolute Gasteiger partial charge is 0.249 e. The number of amides is 1. The zero-order chi connectivity index (χ0) is 18.4. The van der Waals surface area contributed by atoms with Gasteiger partial charge in [0.2, 0.25) is 5.91 Å². The molecule has 25 heavy (non-hydrogen) atoms. The van der Waals surface area contributed by atoms with Crippen molar-refractivity contribution >= 4 is 5.91 Å². The van der Waals surface area contributed by atoms with Gasteiger partial charge in [-0.1, -0.05) is 75.2 Å². The number of carbonyl (C=O) groups is 1. The van der Waals surface area contributed by atoms with Crippen LogP contribution in [0.25, 0.3) is 0 Å². The molecule has 134 valence electrons. The van der Waals surface area contributed by atoms with Gasteiger partial charge in [-0.3, -0.25) is 4.79 Å². The van der Waals surface area contributed by atoms with E-state index < -0.39 is 0 Å². The minimum Gasteiger partial charge on any atom is -0.366 e. The zero-order valence-electron chi connectivity index (χ0n) is 16.0. The van der Waals surface area contributed by atoms with E-state index in [2.05, 4.69) is 44.2 Å². The summed E-state index contributed by atoms with van der Waals surface area (Å²) in [5.74, 6) is 0.367. The maximum atomic E-state index is 10.9. The average molecular weight is 338 g/mol. The fraction of sp³-hybridized carbons (Fsp3) is 0.435. The molecule has 0 heterocycles. The van der Waals surface area contributed by atoms with Crippen LogP contribution in [0.5, 0.6) is 0 Å². The second-order valence-corrected chi connectivity index (χ2v) is 7.62. The van der Waals surface area contributed by atoms with Gasteiger partial charge in [0.15, 0.2) is 0 Å². The number of hydrogen-bond acceptors (Lipinski definition) is 1. The van der Waals surface area contributed by atoms with E-state index in [1.807, 2.05) is 32.0 Å². The first kappa shape index (κ1) is 19.2. The van der Waals surface area contributed by atoms with Crippen LogP contribution in [0.2, 0.25) is 0 Å². The molecule has 0 spiro atoms. The van der Waals surface area contributed by atoms with Crippen molar-refractivity contribution < 1.29 is 4.79 Å². The van der Waals surface area contributed by atoms with Crippen molar-refractivity contribution in [3.05, 3.63) is 70.8 Å². The molecule has 0 aliphatic heterocycles. The lowest BCUT2D eigenvalue weighted by atomic mass is 9.73. The number of rotatable bonds is 3. The lowest BCUT2D eigenvalue weighted by Crippen LogP contribution is -2.19. The van der Waals surface area contributed by atoms with Crippen molar-refractivity contribution in [2.24, 2.45) is 11.1 Å². The van der Waals surface area contributed by atoms with Crippen LogP contribution in [0, 0.1) is 19.3 Å². The van der Waals surface area contributed by atoms with E-state index in [-0.39, 0.29) is 5.91 Å². The topological polar surface area (TPSA) is 43.1 Å². The molecule has 0 bridgehead atoms. The van der Waals surface area contributed by atoms with E-state index >= 15 is 0 Å². The normalized spacial score (nSPS) is 16.6. The Kier molecular flexibility index (Phi) is 6.41. The Labute approximate surface area is 152 Å². The molecular formula is C23H31NO. The molecule has 0 radical (unpaired) electrons. The number of hydrogen-bond donors (Lipinski definition) is 1. The molecule has 1 aliphatic carbocycles. The summed E-state index contributed by atoms with van der Waals surface area (Å²) >= 11 is 0. The molecule has 2 aromatic carbocycles. The van der Waals surface area contributed by atoms with Gasteiger partial charge in [-0.2, -0.15) is 0 Å². The summed E-state index contributed by atoms with van der Waals surface area (Å²) in [5, 5.41) is 0. The summed E-state index contributed by atoms with van der Waals surface area (Å²) in [6.07, 6.45) is 5.66. The van der Waals surface area contributed by atoms with E-state index in [1.54, 1.807) is 0 Å². The second-order valence-electron chi connectivity index (χ2n) is 7.62. The van der Waals surface area contributed by atoms with E-state index in [4.69, 9.17) is 5.73 Å². The Morgan fingerprint density at radius 3 is 1.92 bits per heavy atom. The van der Waals surface area contributed by atoms with Gasteiger partial charge in [0.1, 0.15) is 0 Å². The van der Waals surface area contributed by atoms with Crippen molar-refractivity contribution in [1.29, 1.82) is 0 Å². The predicted molar refractivity (Wildman–Crippen MR) is 106 cm³/mol. The van der Waals surface area contributed by atoms with Gasteiger partial charge in [0.25, 0.3) is 0 Å². The van der Waals surface area contributed by atoms with E-state index in [0.717, 1.165) is 11.1 Å². The van der Waals surface area contributed by atoms with Gasteiger partial charge in [0.05, 0.1) is 0 Å². The minimum absolute atomic E-state index is 0.347. The van der Waals surface area contributed by atoms with Crippen molar-refractivity contribution in [2.45, 2.75) is 59.3 Å². The van der Waals surface area contributed by atoms with E-state index in [9.17, 15) is 4.79 Å². The molecule has 1 unspecified atom stereocenters. The molecule has 3 rings (SSSR count). The van der Waals surface area contributed by atoms with Gasteiger partial charge in [-0.15, -0.1) is 0 Å². The molecule has 1 amide bonds. The van der Waals surface area contributed by atoms with Crippen LogP contribution >= 0.6 is 0 Å². The fourth-order valence-electron chi connectivity index (χ4n) is 3.96. The highest BCUT2D eigenvalue weighted by Crippen LogP contribution is 2.48. The minimum atomic E-state index is -0.347. The van der Waals surface area contributed by atoms with Crippen molar-refractivity contribution in [1.82, 2.24) is 0 Å². The van der Waals surface area contributed by atoms with Gasteiger partial charge >= 0.3 is 0 Å². The molecule has 2 heteroatoms. The fourth-order valence-corrected chi connectivity index (χ4v) is 3.96. The summed E-state index contributed by atoms with van der Waals surface area (Å²) in [6.45, 7) is 8.61. The molecule has 0 aromatic heterocycles. The summed E-state index contributed by atoms with van der Waals surface area (Å²) in [7, 11) is 0. The van der Waals surface area contributed by atoms with Crippen molar-refractivity contribution in [2.75, 3.05) is 0 Å².